The van der Waals surface area contributed by atoms with Crippen LogP contribution < -0.4 is 16.2 Å². The van der Waals surface area contributed by atoms with Gasteiger partial charge in [0.2, 0.25) is 5.44 Å². The van der Waals surface area contributed by atoms with Crippen molar-refractivity contribution < 1.29 is 37.8 Å². The maximum absolute atomic E-state index is 13.7. The topological polar surface area (TPSA) is 129 Å². The second-order valence-corrected chi connectivity index (χ2v) is 9.30. The molecule has 13 heteroatoms. The minimum absolute atomic E-state index is 0.0297. The molecular weight excluding hydrogens is 499 g/mol. The Morgan fingerprint density at radius 2 is 1.76 bits per heavy atom. The van der Waals surface area contributed by atoms with Crippen molar-refractivity contribution in [2.24, 2.45) is 0 Å². The first-order chi connectivity index (χ1) is 16.2. The molecule has 1 aliphatic heterocycles. The van der Waals surface area contributed by atoms with E-state index in [1.165, 1.54) is 37.5 Å². The number of hydrazine groups is 1. The van der Waals surface area contributed by atoms with Crippen LogP contribution in [-0.4, -0.2) is 63.3 Å². The molecule has 4 unspecified atom stereocenters. The third-order valence-electron chi connectivity index (χ3n) is 5.12. The van der Waals surface area contributed by atoms with E-state index in [0.29, 0.717) is 9.92 Å². The molecule has 0 aliphatic carbocycles. The first-order valence-corrected chi connectivity index (χ1v) is 11.6. The zero-order valence-electron chi connectivity index (χ0n) is 17.7. The van der Waals surface area contributed by atoms with E-state index in [2.05, 4.69) is 16.2 Å². The molecule has 1 heterocycles. The van der Waals surface area contributed by atoms with E-state index in [-0.39, 0.29) is 11.3 Å². The van der Waals surface area contributed by atoms with Gasteiger partial charge in [-0.2, -0.15) is 0 Å². The standard InChI is InChI=1S/C21H23ClF3N3O5S/c1-26-28-15(10-6-13(23)17(25)14(24)7-10)8-27-18-19(30)16(9-29)33-21(20(18)31)34(32)12-4-2-11(22)3-5-12/h2-8,16,18-21,26-31H,9H2,1H3/b15-8-/t16?,18?,19-,20?,21+,34?/m0/s1. The zero-order valence-corrected chi connectivity index (χ0v) is 19.3. The molecule has 6 atom stereocenters. The molecule has 0 aromatic heterocycles. The average molecular weight is 522 g/mol. The van der Waals surface area contributed by atoms with Gasteiger partial charge in [0.05, 0.1) is 18.3 Å². The minimum atomic E-state index is -1.91. The second-order valence-electron chi connectivity index (χ2n) is 7.34. The van der Waals surface area contributed by atoms with E-state index >= 15 is 0 Å². The molecule has 1 fully saturated rings. The van der Waals surface area contributed by atoms with E-state index in [1.54, 1.807) is 0 Å². The summed E-state index contributed by atoms with van der Waals surface area (Å²) in [5.74, 6) is -4.46. The number of hydrogen-bond donors (Lipinski definition) is 6. The highest BCUT2D eigenvalue weighted by atomic mass is 35.5. The molecule has 3 rings (SSSR count). The van der Waals surface area contributed by atoms with Gasteiger partial charge in [-0.05, 0) is 36.4 Å². The van der Waals surface area contributed by atoms with Gasteiger partial charge in [-0.1, -0.05) is 11.6 Å². The van der Waals surface area contributed by atoms with Crippen molar-refractivity contribution in [3.8, 4) is 0 Å². The third-order valence-corrected chi connectivity index (χ3v) is 6.92. The van der Waals surface area contributed by atoms with Gasteiger partial charge >= 0.3 is 0 Å². The lowest BCUT2D eigenvalue weighted by Gasteiger charge is -2.42. The summed E-state index contributed by atoms with van der Waals surface area (Å²) in [7, 11) is 1.47. The van der Waals surface area contributed by atoms with Crippen LogP contribution in [0.3, 0.4) is 0 Å². The van der Waals surface area contributed by atoms with Gasteiger partial charge < -0.3 is 35.4 Å². The number of benzene rings is 2. The third kappa shape index (κ3) is 5.78. The molecule has 0 amide bonds. The highest BCUT2D eigenvalue weighted by Crippen LogP contribution is 2.30. The Labute approximate surface area is 201 Å². The lowest BCUT2D eigenvalue weighted by Crippen LogP contribution is -2.64. The Hall–Kier alpha value is -2.03. The van der Waals surface area contributed by atoms with Gasteiger partial charge in [0.25, 0.3) is 0 Å². The number of aliphatic hydroxyl groups excluding tert-OH is 3. The van der Waals surface area contributed by atoms with Crippen molar-refractivity contribution in [1.29, 1.82) is 0 Å². The molecule has 1 saturated heterocycles. The summed E-state index contributed by atoms with van der Waals surface area (Å²) in [6, 6.07) is 6.29. The summed E-state index contributed by atoms with van der Waals surface area (Å²) in [6.45, 7) is -0.639. The Morgan fingerprint density at radius 3 is 2.32 bits per heavy atom. The van der Waals surface area contributed by atoms with Gasteiger partial charge in [-0.25, -0.2) is 18.6 Å². The minimum Gasteiger partial charge on any atom is -0.609 e. The van der Waals surface area contributed by atoms with Gasteiger partial charge in [0, 0.05) is 35.0 Å². The molecule has 34 heavy (non-hydrogen) atoms. The number of hydrogen-bond acceptors (Lipinski definition) is 8. The molecule has 2 aromatic rings. The highest BCUT2D eigenvalue weighted by Gasteiger charge is 2.49. The zero-order chi connectivity index (χ0) is 25.0. The molecule has 8 nitrogen and oxygen atoms in total. The van der Waals surface area contributed by atoms with Crippen molar-refractivity contribution in [1.82, 2.24) is 16.2 Å². The molecule has 6 N–H and O–H groups in total. The number of rotatable bonds is 8. The number of aliphatic hydroxyl groups is 3. The van der Waals surface area contributed by atoms with Crippen molar-refractivity contribution in [3.05, 3.63) is 70.6 Å². The summed E-state index contributed by atoms with van der Waals surface area (Å²) in [5.41, 5.74) is 3.77. The lowest BCUT2D eigenvalue weighted by atomic mass is 9.97. The van der Waals surface area contributed by atoms with E-state index in [4.69, 9.17) is 16.3 Å². The first kappa shape index (κ1) is 26.6. The Balaban J connectivity index is 1.89. The van der Waals surface area contributed by atoms with Crippen molar-refractivity contribution in [3.63, 3.8) is 0 Å². The van der Waals surface area contributed by atoms with Crippen molar-refractivity contribution in [2.75, 3.05) is 13.7 Å². The van der Waals surface area contributed by atoms with E-state index in [0.717, 1.165) is 12.1 Å². The predicted octanol–water partition coefficient (Wildman–Crippen LogP) is 0.985. The van der Waals surface area contributed by atoms with Gasteiger partial charge in [0.1, 0.15) is 12.2 Å². The largest absolute Gasteiger partial charge is 0.609 e. The molecule has 186 valence electrons. The predicted molar refractivity (Wildman–Crippen MR) is 119 cm³/mol. The van der Waals surface area contributed by atoms with Crippen LogP contribution in [-0.2, 0) is 15.9 Å². The summed E-state index contributed by atoms with van der Waals surface area (Å²) < 4.78 is 59.3. The quantitative estimate of drug-likeness (QED) is 0.172. The second kappa shape index (κ2) is 11.6. The summed E-state index contributed by atoms with van der Waals surface area (Å²) in [5, 5.41) is 34.2. The molecule has 1 aliphatic rings. The Kier molecular flexibility index (Phi) is 9.07. The fraction of sp³-hybridized carbons (Fsp3) is 0.333. The smallest absolute Gasteiger partial charge is 0.249 e. The number of ether oxygens (including phenoxy) is 1. The Bertz CT molecular complexity index is 997. The van der Waals surface area contributed by atoms with E-state index < -0.39 is 65.0 Å². The molecule has 2 aromatic carbocycles. The molecule has 0 saturated carbocycles. The lowest BCUT2D eigenvalue weighted by molar-refractivity contribution is -0.167. The molecule has 0 spiro atoms. The summed E-state index contributed by atoms with van der Waals surface area (Å²) >= 11 is 3.94. The summed E-state index contributed by atoms with van der Waals surface area (Å²) in [4.78, 5) is 0.297. The maximum atomic E-state index is 13.7. The van der Waals surface area contributed by atoms with Crippen LogP contribution in [0, 0.1) is 17.5 Å². The van der Waals surface area contributed by atoms with E-state index in [9.17, 15) is 33.0 Å². The number of halogens is 4. The van der Waals surface area contributed by atoms with Crippen molar-refractivity contribution in [2.45, 2.75) is 34.7 Å². The average Bonchev–Trinajstić information content (AvgIpc) is 2.81. The maximum Gasteiger partial charge on any atom is 0.249 e. The van der Waals surface area contributed by atoms with Gasteiger partial charge in [-0.3, -0.25) is 0 Å². The van der Waals surface area contributed by atoms with Gasteiger partial charge in [-0.15, -0.1) is 0 Å². The fourth-order valence-electron chi connectivity index (χ4n) is 3.38. The van der Waals surface area contributed by atoms with Crippen molar-refractivity contribution >= 4 is 28.5 Å². The van der Waals surface area contributed by atoms with Crippen LogP contribution in [0.5, 0.6) is 0 Å². The van der Waals surface area contributed by atoms with Crippen LogP contribution in [0.25, 0.3) is 5.70 Å². The number of nitrogens with one attached hydrogen (secondary N) is 3. The van der Waals surface area contributed by atoms with Crippen LogP contribution in [0.15, 0.2) is 47.5 Å². The SMILES string of the molecule is CNN/C(=C\NC1C(O)[C@@H]([S+]([O-])c2ccc(Cl)cc2)OC(CO)[C@@H]1O)c1cc(F)c(F)c(F)c1. The molecular formula is C21H23ClF3N3O5S. The monoisotopic (exact) mass is 521 g/mol. The first-order valence-electron chi connectivity index (χ1n) is 10.0. The van der Waals surface area contributed by atoms with Crippen LogP contribution in [0.2, 0.25) is 5.02 Å². The fourth-order valence-corrected chi connectivity index (χ4v) is 4.85. The molecule has 0 bridgehead atoms. The van der Waals surface area contributed by atoms with Crippen LogP contribution >= 0.6 is 11.6 Å². The van der Waals surface area contributed by atoms with Gasteiger partial charge in [0.15, 0.2) is 28.5 Å². The van der Waals surface area contributed by atoms with E-state index in [1.807, 2.05) is 0 Å². The van der Waals surface area contributed by atoms with Crippen LogP contribution in [0.1, 0.15) is 5.56 Å². The highest BCUT2D eigenvalue weighted by molar-refractivity contribution is 7.92. The summed E-state index contributed by atoms with van der Waals surface area (Å²) in [6.07, 6.45) is -3.01. The molecule has 0 radical (unpaired) electrons. The van der Waals surface area contributed by atoms with Crippen LogP contribution in [0.4, 0.5) is 13.2 Å². The Morgan fingerprint density at radius 1 is 1.15 bits per heavy atom. The normalized spacial score (nSPS) is 26.3.